The molecule has 1 amide bonds. The van der Waals surface area contributed by atoms with Gasteiger partial charge in [0, 0.05) is 25.2 Å². The van der Waals surface area contributed by atoms with Crippen molar-refractivity contribution in [3.05, 3.63) is 71.7 Å². The summed E-state index contributed by atoms with van der Waals surface area (Å²) in [5, 5.41) is 9.90. The maximum Gasteiger partial charge on any atom is 0.255 e. The molecule has 0 bridgehead atoms. The topological polar surface area (TPSA) is 79.5 Å². The van der Waals surface area contributed by atoms with Gasteiger partial charge in [-0.1, -0.05) is 12.1 Å². The van der Waals surface area contributed by atoms with E-state index in [0.29, 0.717) is 36.6 Å². The van der Waals surface area contributed by atoms with Crippen LogP contribution in [0.3, 0.4) is 0 Å². The molecule has 7 nitrogen and oxygen atoms in total. The van der Waals surface area contributed by atoms with Gasteiger partial charge in [0.15, 0.2) is 0 Å². The first-order valence-corrected chi connectivity index (χ1v) is 10.2. The molecule has 0 spiro atoms. The molecular formula is C23H25FN4O3. The van der Waals surface area contributed by atoms with Gasteiger partial charge in [0.25, 0.3) is 5.91 Å². The van der Waals surface area contributed by atoms with Gasteiger partial charge in [0.05, 0.1) is 43.8 Å². The van der Waals surface area contributed by atoms with Crippen molar-refractivity contribution in [1.29, 1.82) is 0 Å². The number of benzene rings is 2. The van der Waals surface area contributed by atoms with Gasteiger partial charge in [-0.3, -0.25) is 14.8 Å². The molecule has 0 radical (unpaired) electrons. The van der Waals surface area contributed by atoms with Gasteiger partial charge in [-0.2, -0.15) is 5.10 Å². The number of rotatable bonds is 7. The Morgan fingerprint density at radius 2 is 1.90 bits per heavy atom. The summed E-state index contributed by atoms with van der Waals surface area (Å²) in [6.07, 6.45) is 1.49. The Balaban J connectivity index is 1.51. The van der Waals surface area contributed by atoms with Crippen LogP contribution in [0.4, 0.5) is 4.39 Å². The minimum Gasteiger partial charge on any atom is -0.497 e. The number of amides is 1. The monoisotopic (exact) mass is 424 g/mol. The average molecular weight is 424 g/mol. The van der Waals surface area contributed by atoms with Crippen LogP contribution in [-0.2, 0) is 4.74 Å². The summed E-state index contributed by atoms with van der Waals surface area (Å²) in [6, 6.07) is 13.8. The number of aromatic amines is 1. The Morgan fingerprint density at radius 3 is 2.58 bits per heavy atom. The maximum absolute atomic E-state index is 13.3. The third-order valence-corrected chi connectivity index (χ3v) is 5.46. The molecule has 0 aliphatic carbocycles. The molecule has 1 aromatic heterocycles. The second-order valence-electron chi connectivity index (χ2n) is 7.31. The Morgan fingerprint density at radius 1 is 1.19 bits per heavy atom. The second-order valence-corrected chi connectivity index (χ2v) is 7.31. The second kappa shape index (κ2) is 9.72. The van der Waals surface area contributed by atoms with Crippen LogP contribution in [0.2, 0.25) is 0 Å². The van der Waals surface area contributed by atoms with Crippen LogP contribution in [-0.4, -0.2) is 61.0 Å². The zero-order valence-electron chi connectivity index (χ0n) is 17.3. The van der Waals surface area contributed by atoms with Crippen molar-refractivity contribution in [2.24, 2.45) is 0 Å². The summed E-state index contributed by atoms with van der Waals surface area (Å²) >= 11 is 0. The number of carbonyl (C=O) groups excluding carboxylic acids is 1. The minimum absolute atomic E-state index is 0.0000664. The highest BCUT2D eigenvalue weighted by molar-refractivity contribution is 5.99. The number of H-pyrrole nitrogens is 1. The average Bonchev–Trinajstić information content (AvgIpc) is 3.31. The van der Waals surface area contributed by atoms with Crippen molar-refractivity contribution in [3.8, 4) is 17.0 Å². The molecule has 1 saturated heterocycles. The number of aromatic nitrogens is 2. The van der Waals surface area contributed by atoms with Crippen LogP contribution in [0.5, 0.6) is 5.75 Å². The lowest BCUT2D eigenvalue weighted by molar-refractivity contribution is 0.0162. The van der Waals surface area contributed by atoms with E-state index < -0.39 is 0 Å². The Bertz CT molecular complexity index is 998. The van der Waals surface area contributed by atoms with E-state index >= 15 is 0 Å². The highest BCUT2D eigenvalue weighted by Crippen LogP contribution is 2.25. The SMILES string of the molecule is COc1ccc(C(CNC(=O)c2cn[nH]c2-c2ccc(F)cc2)N2CCOCC2)cc1. The molecule has 4 rings (SSSR count). The first-order valence-electron chi connectivity index (χ1n) is 10.2. The molecule has 1 atom stereocenters. The number of methoxy groups -OCH3 is 1. The number of nitrogens with one attached hydrogen (secondary N) is 2. The number of nitrogens with zero attached hydrogens (tertiary/aromatic N) is 2. The van der Waals surface area contributed by atoms with Crippen molar-refractivity contribution >= 4 is 5.91 Å². The number of ether oxygens (including phenoxy) is 2. The molecule has 2 heterocycles. The summed E-state index contributed by atoms with van der Waals surface area (Å²) in [7, 11) is 1.64. The summed E-state index contributed by atoms with van der Waals surface area (Å²) < 4.78 is 24.0. The molecule has 1 fully saturated rings. The van der Waals surface area contributed by atoms with Gasteiger partial charge in [-0.05, 0) is 42.0 Å². The number of hydrogen-bond donors (Lipinski definition) is 2. The number of morpholine rings is 1. The van der Waals surface area contributed by atoms with Crippen LogP contribution < -0.4 is 10.1 Å². The van der Waals surface area contributed by atoms with Crippen LogP contribution in [0, 0.1) is 5.82 Å². The fourth-order valence-electron chi connectivity index (χ4n) is 3.75. The van der Waals surface area contributed by atoms with E-state index in [1.165, 1.54) is 18.3 Å². The van der Waals surface area contributed by atoms with Crippen molar-refractivity contribution in [1.82, 2.24) is 20.4 Å². The standard InChI is InChI=1S/C23H25FN4O3/c1-30-19-8-4-16(5-9-19)21(28-10-12-31-13-11-28)15-25-23(29)20-14-26-27-22(20)17-2-6-18(24)7-3-17/h2-9,14,21H,10-13,15H2,1H3,(H,25,29)(H,26,27). The van der Waals surface area contributed by atoms with Gasteiger partial charge in [-0.25, -0.2) is 4.39 Å². The Kier molecular flexibility index (Phi) is 6.59. The van der Waals surface area contributed by atoms with Crippen LogP contribution in [0.15, 0.2) is 54.7 Å². The van der Waals surface area contributed by atoms with E-state index in [0.717, 1.165) is 24.4 Å². The van der Waals surface area contributed by atoms with Gasteiger partial charge in [-0.15, -0.1) is 0 Å². The summed E-state index contributed by atoms with van der Waals surface area (Å²) in [5.74, 6) is 0.220. The first kappa shape index (κ1) is 21.0. The molecule has 31 heavy (non-hydrogen) atoms. The van der Waals surface area contributed by atoms with Crippen LogP contribution in [0.25, 0.3) is 11.3 Å². The smallest absolute Gasteiger partial charge is 0.255 e. The maximum atomic E-state index is 13.3. The zero-order valence-corrected chi connectivity index (χ0v) is 17.3. The fourth-order valence-corrected chi connectivity index (χ4v) is 3.75. The van der Waals surface area contributed by atoms with E-state index in [1.807, 2.05) is 24.3 Å². The third kappa shape index (κ3) is 4.92. The molecule has 8 heteroatoms. The molecule has 0 saturated carbocycles. The summed E-state index contributed by atoms with van der Waals surface area (Å²) in [5.41, 5.74) is 2.77. The molecular weight excluding hydrogens is 399 g/mol. The normalized spacial score (nSPS) is 15.4. The van der Waals surface area contributed by atoms with Gasteiger partial charge in [0.2, 0.25) is 0 Å². The number of hydrogen-bond acceptors (Lipinski definition) is 5. The summed E-state index contributed by atoms with van der Waals surface area (Å²) in [6.45, 7) is 3.34. The number of carbonyl (C=O) groups is 1. The number of halogens is 1. The Hall–Kier alpha value is -3.23. The van der Waals surface area contributed by atoms with E-state index in [4.69, 9.17) is 9.47 Å². The van der Waals surface area contributed by atoms with Crippen LogP contribution >= 0.6 is 0 Å². The lowest BCUT2D eigenvalue weighted by Crippen LogP contribution is -2.43. The van der Waals surface area contributed by atoms with Crippen molar-refractivity contribution in [2.45, 2.75) is 6.04 Å². The molecule has 1 aliphatic rings. The van der Waals surface area contributed by atoms with Gasteiger partial charge in [0.1, 0.15) is 11.6 Å². The summed E-state index contributed by atoms with van der Waals surface area (Å²) in [4.78, 5) is 15.3. The molecule has 1 aliphatic heterocycles. The lowest BCUT2D eigenvalue weighted by Gasteiger charge is -2.35. The first-order chi connectivity index (χ1) is 15.2. The molecule has 2 N–H and O–H groups in total. The highest BCUT2D eigenvalue weighted by atomic mass is 19.1. The lowest BCUT2D eigenvalue weighted by atomic mass is 10.0. The van der Waals surface area contributed by atoms with E-state index in [-0.39, 0.29) is 17.8 Å². The largest absolute Gasteiger partial charge is 0.497 e. The van der Waals surface area contributed by atoms with Crippen LogP contribution in [0.1, 0.15) is 22.0 Å². The van der Waals surface area contributed by atoms with E-state index in [1.54, 1.807) is 19.2 Å². The van der Waals surface area contributed by atoms with Gasteiger partial charge >= 0.3 is 0 Å². The minimum atomic E-state index is -0.331. The quantitative estimate of drug-likeness (QED) is 0.610. The van der Waals surface area contributed by atoms with Crippen molar-refractivity contribution in [3.63, 3.8) is 0 Å². The van der Waals surface area contributed by atoms with E-state index in [2.05, 4.69) is 20.4 Å². The predicted octanol–water partition coefficient (Wildman–Crippen LogP) is 3.03. The molecule has 3 aromatic rings. The van der Waals surface area contributed by atoms with Crippen molar-refractivity contribution < 1.29 is 18.7 Å². The van der Waals surface area contributed by atoms with Crippen molar-refractivity contribution in [2.75, 3.05) is 40.0 Å². The van der Waals surface area contributed by atoms with E-state index in [9.17, 15) is 9.18 Å². The predicted molar refractivity (Wildman–Crippen MR) is 114 cm³/mol. The Labute approximate surface area is 180 Å². The molecule has 1 unspecified atom stereocenters. The molecule has 162 valence electrons. The third-order valence-electron chi connectivity index (χ3n) is 5.46. The highest BCUT2D eigenvalue weighted by Gasteiger charge is 2.24. The molecule has 2 aromatic carbocycles. The van der Waals surface area contributed by atoms with Gasteiger partial charge < -0.3 is 14.8 Å². The zero-order chi connectivity index (χ0) is 21.6. The fraction of sp³-hybridized carbons (Fsp3) is 0.304.